The van der Waals surface area contributed by atoms with Gasteiger partial charge in [-0.2, -0.15) is 5.10 Å². The van der Waals surface area contributed by atoms with Crippen LogP contribution in [0.15, 0.2) is 12.4 Å². The number of primary amides is 1. The minimum atomic E-state index is -0.385. The highest BCUT2D eigenvalue weighted by atomic mass is 16.1. The number of anilines is 1. The number of nitrogens with two attached hydrogens (primary N) is 1. The van der Waals surface area contributed by atoms with Crippen molar-refractivity contribution in [1.82, 2.24) is 9.78 Å². The molecule has 1 aromatic rings. The molecule has 1 heterocycles. The number of hydrogen-bond acceptors (Lipinski definition) is 3. The molecule has 0 bridgehead atoms. The lowest BCUT2D eigenvalue weighted by atomic mass is 9.93. The Morgan fingerprint density at radius 3 is 2.47 bits per heavy atom. The molecule has 0 aliphatic carbocycles. The Kier molecular flexibility index (Phi) is 4.54. The van der Waals surface area contributed by atoms with Gasteiger partial charge in [0.2, 0.25) is 5.91 Å². The molecule has 17 heavy (non-hydrogen) atoms. The van der Waals surface area contributed by atoms with Gasteiger partial charge in [0.15, 0.2) is 0 Å². The van der Waals surface area contributed by atoms with E-state index < -0.39 is 0 Å². The van der Waals surface area contributed by atoms with Gasteiger partial charge in [0.25, 0.3) is 0 Å². The first-order valence-electron chi connectivity index (χ1n) is 5.97. The van der Waals surface area contributed by atoms with Gasteiger partial charge in [0, 0.05) is 12.2 Å². The molecule has 0 aliphatic heterocycles. The number of carbonyl (C=O) groups excluding carboxylic acids is 1. The van der Waals surface area contributed by atoms with Crippen molar-refractivity contribution in [3.63, 3.8) is 0 Å². The van der Waals surface area contributed by atoms with Gasteiger partial charge in [-0.25, -0.2) is 0 Å². The zero-order valence-electron chi connectivity index (χ0n) is 11.0. The monoisotopic (exact) mass is 238 g/mol. The summed E-state index contributed by atoms with van der Waals surface area (Å²) in [6.07, 6.45) is 3.53. The van der Waals surface area contributed by atoms with Crippen LogP contribution in [-0.4, -0.2) is 21.7 Å². The minimum Gasteiger partial charge on any atom is -0.379 e. The Bertz CT molecular complexity index is 362. The first kappa shape index (κ1) is 13.5. The molecule has 0 aromatic carbocycles. The fraction of sp³-hybridized carbons (Fsp3) is 0.667. The first-order valence-corrected chi connectivity index (χ1v) is 5.97. The second-order valence-electron chi connectivity index (χ2n) is 5.05. The summed E-state index contributed by atoms with van der Waals surface area (Å²) >= 11 is 0. The second kappa shape index (κ2) is 5.70. The zero-order valence-corrected chi connectivity index (χ0v) is 11.0. The maximum absolute atomic E-state index is 10.8. The molecule has 1 rings (SSSR count). The Morgan fingerprint density at radius 2 is 2.00 bits per heavy atom. The maximum atomic E-state index is 10.8. The van der Waals surface area contributed by atoms with Crippen LogP contribution in [0.5, 0.6) is 0 Å². The van der Waals surface area contributed by atoms with Crippen molar-refractivity contribution in [3.05, 3.63) is 12.4 Å². The molecule has 0 spiro atoms. The zero-order chi connectivity index (χ0) is 13.0. The highest BCUT2D eigenvalue weighted by Gasteiger charge is 2.17. The number of amides is 1. The van der Waals surface area contributed by atoms with Gasteiger partial charge < -0.3 is 11.1 Å². The van der Waals surface area contributed by atoms with Crippen molar-refractivity contribution in [1.29, 1.82) is 0 Å². The van der Waals surface area contributed by atoms with Crippen molar-refractivity contribution >= 4 is 11.6 Å². The van der Waals surface area contributed by atoms with Crippen molar-refractivity contribution in [2.24, 2.45) is 17.6 Å². The molecule has 0 unspecified atom stereocenters. The largest absolute Gasteiger partial charge is 0.379 e. The third kappa shape index (κ3) is 4.09. The fourth-order valence-corrected chi connectivity index (χ4v) is 1.98. The smallest absolute Gasteiger partial charge is 0.239 e. The summed E-state index contributed by atoms with van der Waals surface area (Å²) in [6, 6.07) is 0.390. The van der Waals surface area contributed by atoms with E-state index in [1.807, 2.05) is 6.20 Å². The van der Waals surface area contributed by atoms with Crippen LogP contribution in [0.25, 0.3) is 0 Å². The highest BCUT2D eigenvalue weighted by Crippen LogP contribution is 2.18. The number of rotatable bonds is 6. The van der Waals surface area contributed by atoms with Crippen molar-refractivity contribution < 1.29 is 4.79 Å². The summed E-state index contributed by atoms with van der Waals surface area (Å²) in [4.78, 5) is 10.8. The molecule has 0 aliphatic rings. The van der Waals surface area contributed by atoms with E-state index >= 15 is 0 Å². The lowest BCUT2D eigenvalue weighted by molar-refractivity contribution is -0.118. The predicted molar refractivity (Wildman–Crippen MR) is 68.5 cm³/mol. The predicted octanol–water partition coefficient (Wildman–Crippen LogP) is 1.46. The van der Waals surface area contributed by atoms with Gasteiger partial charge in [-0.05, 0) is 11.8 Å². The molecule has 96 valence electrons. The van der Waals surface area contributed by atoms with E-state index in [4.69, 9.17) is 5.73 Å². The Hall–Kier alpha value is -1.52. The lowest BCUT2D eigenvalue weighted by Crippen LogP contribution is -2.30. The van der Waals surface area contributed by atoms with Crippen LogP contribution < -0.4 is 11.1 Å². The average molecular weight is 238 g/mol. The van der Waals surface area contributed by atoms with Crippen LogP contribution in [0, 0.1) is 11.8 Å². The molecule has 0 fully saturated rings. The quantitative estimate of drug-likeness (QED) is 0.788. The van der Waals surface area contributed by atoms with Crippen LogP contribution in [0.3, 0.4) is 0 Å². The molecule has 0 atom stereocenters. The summed E-state index contributed by atoms with van der Waals surface area (Å²) in [6.45, 7) is 8.86. The first-order chi connectivity index (χ1) is 7.90. The topological polar surface area (TPSA) is 72.9 Å². The molecule has 5 nitrogen and oxygen atoms in total. The summed E-state index contributed by atoms with van der Waals surface area (Å²) in [5.74, 6) is 0.688. The molecular weight excluding hydrogens is 216 g/mol. The van der Waals surface area contributed by atoms with Crippen LogP contribution in [-0.2, 0) is 11.3 Å². The van der Waals surface area contributed by atoms with E-state index in [0.29, 0.717) is 17.9 Å². The minimum absolute atomic E-state index is 0.121. The van der Waals surface area contributed by atoms with Gasteiger partial charge >= 0.3 is 0 Å². The van der Waals surface area contributed by atoms with Crippen LogP contribution in [0.1, 0.15) is 27.7 Å². The Balaban J connectivity index is 2.67. The molecule has 0 radical (unpaired) electrons. The second-order valence-corrected chi connectivity index (χ2v) is 5.05. The van der Waals surface area contributed by atoms with Gasteiger partial charge in [0.05, 0.1) is 11.9 Å². The highest BCUT2D eigenvalue weighted by molar-refractivity contribution is 5.73. The molecular formula is C12H22N4O. The third-order valence-corrected chi connectivity index (χ3v) is 2.72. The summed E-state index contributed by atoms with van der Waals surface area (Å²) in [5, 5.41) is 7.52. The van der Waals surface area contributed by atoms with Crippen LogP contribution in [0.4, 0.5) is 5.69 Å². The molecule has 1 aromatic heterocycles. The maximum Gasteiger partial charge on any atom is 0.239 e. The normalized spacial score (nSPS) is 11.5. The third-order valence-electron chi connectivity index (χ3n) is 2.72. The van der Waals surface area contributed by atoms with Gasteiger partial charge in [-0.15, -0.1) is 0 Å². The fourth-order valence-electron chi connectivity index (χ4n) is 1.98. The molecule has 5 heteroatoms. The van der Waals surface area contributed by atoms with E-state index in [9.17, 15) is 4.79 Å². The summed E-state index contributed by atoms with van der Waals surface area (Å²) in [7, 11) is 0. The standard InChI is InChI=1S/C12H22N4O/c1-8(2)12(9(3)4)15-10-5-14-16(6-10)7-11(13)17/h5-6,8-9,12,15H,7H2,1-4H3,(H2,13,17). The van der Waals surface area contributed by atoms with E-state index in [-0.39, 0.29) is 12.5 Å². The van der Waals surface area contributed by atoms with Crippen LogP contribution >= 0.6 is 0 Å². The van der Waals surface area contributed by atoms with Gasteiger partial charge in [-0.3, -0.25) is 9.48 Å². The molecule has 3 N–H and O–H groups in total. The van der Waals surface area contributed by atoms with E-state index in [0.717, 1.165) is 5.69 Å². The van der Waals surface area contributed by atoms with Crippen molar-refractivity contribution in [2.45, 2.75) is 40.3 Å². The van der Waals surface area contributed by atoms with E-state index in [1.165, 1.54) is 0 Å². The van der Waals surface area contributed by atoms with Crippen molar-refractivity contribution in [3.8, 4) is 0 Å². The Labute approximate surface area is 102 Å². The molecule has 1 amide bonds. The number of nitrogens with zero attached hydrogens (tertiary/aromatic N) is 2. The van der Waals surface area contributed by atoms with Gasteiger partial charge in [0.1, 0.15) is 6.54 Å². The number of hydrogen-bond donors (Lipinski definition) is 2. The Morgan fingerprint density at radius 1 is 1.41 bits per heavy atom. The number of carbonyl (C=O) groups is 1. The number of nitrogens with one attached hydrogen (secondary N) is 1. The summed E-state index contributed by atoms with van der Waals surface area (Å²) < 4.78 is 1.54. The average Bonchev–Trinajstić information content (AvgIpc) is 2.59. The lowest BCUT2D eigenvalue weighted by Gasteiger charge is -2.26. The number of aromatic nitrogens is 2. The molecule has 0 saturated carbocycles. The SMILES string of the molecule is CC(C)C(Nc1cnn(CC(N)=O)c1)C(C)C. The van der Waals surface area contributed by atoms with E-state index in [1.54, 1.807) is 10.9 Å². The van der Waals surface area contributed by atoms with Gasteiger partial charge in [-0.1, -0.05) is 27.7 Å². The van der Waals surface area contributed by atoms with Crippen LogP contribution in [0.2, 0.25) is 0 Å². The van der Waals surface area contributed by atoms with Crippen molar-refractivity contribution in [2.75, 3.05) is 5.32 Å². The molecule has 0 saturated heterocycles. The van der Waals surface area contributed by atoms with E-state index in [2.05, 4.69) is 38.1 Å². The summed E-state index contributed by atoms with van der Waals surface area (Å²) in [5.41, 5.74) is 6.04.